The molecule has 1 aromatic rings. The Balaban J connectivity index is 2.40. The molecule has 0 saturated heterocycles. The van der Waals surface area contributed by atoms with Gasteiger partial charge < -0.3 is 4.74 Å². The fourth-order valence-corrected chi connectivity index (χ4v) is 1.72. The quantitative estimate of drug-likeness (QED) is 0.780. The average molecular weight is 247 g/mol. The van der Waals surface area contributed by atoms with Gasteiger partial charge in [-0.25, -0.2) is 0 Å². The van der Waals surface area contributed by atoms with E-state index in [1.165, 1.54) is 12.8 Å². The number of pyridine rings is 1. The number of ether oxygens (including phenoxy) is 1. The van der Waals surface area contributed by atoms with Gasteiger partial charge in [0.2, 0.25) is 0 Å². The maximum Gasteiger partial charge on any atom is 0.123 e. The fourth-order valence-electron chi connectivity index (χ4n) is 1.72. The van der Waals surface area contributed by atoms with Crippen LogP contribution in [0.15, 0.2) is 12.1 Å². The van der Waals surface area contributed by atoms with Gasteiger partial charge in [-0.3, -0.25) is 4.98 Å². The molecule has 0 atom stereocenters. The van der Waals surface area contributed by atoms with Gasteiger partial charge in [-0.15, -0.1) is 0 Å². The molecule has 0 aliphatic heterocycles. The van der Waals surface area contributed by atoms with Crippen LogP contribution in [0.4, 0.5) is 0 Å². The van der Waals surface area contributed by atoms with Crippen LogP contribution in [0.1, 0.15) is 65.8 Å². The zero-order chi connectivity index (χ0) is 13.6. The van der Waals surface area contributed by atoms with E-state index in [1.54, 1.807) is 0 Å². The summed E-state index contributed by atoms with van der Waals surface area (Å²) >= 11 is 0. The van der Waals surface area contributed by atoms with Crippen molar-refractivity contribution in [3.8, 4) is 5.75 Å². The molecule has 2 heteroatoms. The molecule has 100 valence electrons. The van der Waals surface area contributed by atoms with E-state index in [4.69, 9.17) is 9.72 Å². The van der Waals surface area contributed by atoms with Gasteiger partial charge in [0.05, 0.1) is 6.10 Å². The van der Waals surface area contributed by atoms with Crippen LogP contribution in [0.2, 0.25) is 0 Å². The lowest BCUT2D eigenvalue weighted by atomic mass is 9.87. The summed E-state index contributed by atoms with van der Waals surface area (Å²) in [4.78, 5) is 4.82. The van der Waals surface area contributed by atoms with E-state index in [1.807, 2.05) is 0 Å². The molecule has 1 fully saturated rings. The van der Waals surface area contributed by atoms with Gasteiger partial charge in [0.15, 0.2) is 0 Å². The minimum Gasteiger partial charge on any atom is -0.490 e. The van der Waals surface area contributed by atoms with Crippen LogP contribution in [0.3, 0.4) is 0 Å². The van der Waals surface area contributed by atoms with Gasteiger partial charge in [0.25, 0.3) is 0 Å². The molecule has 0 radical (unpaired) electrons. The Hall–Kier alpha value is -1.05. The standard InChI is InChI=1S/C16H25NO/c1-15(2,3)13-9-12(18-11-7-8-11)10-14(17-13)16(4,5)6/h9-11H,7-8H2,1-6H3. The maximum atomic E-state index is 5.96. The van der Waals surface area contributed by atoms with E-state index >= 15 is 0 Å². The number of rotatable bonds is 2. The number of hydrogen-bond acceptors (Lipinski definition) is 2. The maximum absolute atomic E-state index is 5.96. The minimum absolute atomic E-state index is 0.0585. The summed E-state index contributed by atoms with van der Waals surface area (Å²) in [5.41, 5.74) is 2.35. The van der Waals surface area contributed by atoms with Crippen LogP contribution in [-0.4, -0.2) is 11.1 Å². The summed E-state index contributed by atoms with van der Waals surface area (Å²) in [6.07, 6.45) is 2.82. The second-order valence-corrected chi connectivity index (χ2v) is 7.39. The molecule has 1 heterocycles. The van der Waals surface area contributed by atoms with Crippen LogP contribution in [0.5, 0.6) is 5.75 Å². The molecule has 18 heavy (non-hydrogen) atoms. The van der Waals surface area contributed by atoms with Gasteiger partial charge in [0.1, 0.15) is 5.75 Å². The summed E-state index contributed by atoms with van der Waals surface area (Å²) in [6, 6.07) is 4.21. The molecule has 1 aliphatic rings. The highest BCUT2D eigenvalue weighted by molar-refractivity contribution is 5.33. The molecule has 0 aromatic carbocycles. The van der Waals surface area contributed by atoms with Crippen molar-refractivity contribution in [1.29, 1.82) is 0 Å². The predicted octanol–water partition coefficient (Wildman–Crippen LogP) is 4.22. The lowest BCUT2D eigenvalue weighted by Crippen LogP contribution is -2.20. The van der Waals surface area contributed by atoms with Crippen molar-refractivity contribution < 1.29 is 4.74 Å². The van der Waals surface area contributed by atoms with Crippen molar-refractivity contribution in [2.45, 2.75) is 71.3 Å². The first-order valence-electron chi connectivity index (χ1n) is 6.86. The van der Waals surface area contributed by atoms with Crippen LogP contribution >= 0.6 is 0 Å². The Morgan fingerprint density at radius 3 is 1.72 bits per heavy atom. The minimum atomic E-state index is 0.0585. The second-order valence-electron chi connectivity index (χ2n) is 7.39. The molecule has 0 bridgehead atoms. The van der Waals surface area contributed by atoms with E-state index in [-0.39, 0.29) is 10.8 Å². The molecule has 0 N–H and O–H groups in total. The molecule has 1 aliphatic carbocycles. The number of aromatic nitrogens is 1. The molecule has 1 saturated carbocycles. The third kappa shape index (κ3) is 3.24. The molecule has 0 amide bonds. The second kappa shape index (κ2) is 4.25. The largest absolute Gasteiger partial charge is 0.490 e. The monoisotopic (exact) mass is 247 g/mol. The number of hydrogen-bond donors (Lipinski definition) is 0. The van der Waals surface area contributed by atoms with Gasteiger partial charge >= 0.3 is 0 Å². The highest BCUT2D eigenvalue weighted by atomic mass is 16.5. The van der Waals surface area contributed by atoms with E-state index in [2.05, 4.69) is 53.7 Å². The van der Waals surface area contributed by atoms with Gasteiger partial charge in [-0.1, -0.05) is 41.5 Å². The summed E-state index contributed by atoms with van der Waals surface area (Å²) in [5.74, 6) is 0.988. The third-order valence-corrected chi connectivity index (χ3v) is 3.16. The topological polar surface area (TPSA) is 22.1 Å². The molecular weight excluding hydrogens is 222 g/mol. The van der Waals surface area contributed by atoms with Crippen LogP contribution in [0.25, 0.3) is 0 Å². The third-order valence-electron chi connectivity index (χ3n) is 3.16. The summed E-state index contributed by atoms with van der Waals surface area (Å²) in [6.45, 7) is 13.2. The first kappa shape index (κ1) is 13.4. The Kier molecular flexibility index (Phi) is 3.16. The van der Waals surface area contributed by atoms with Gasteiger partial charge in [-0.05, 0) is 12.8 Å². The van der Waals surface area contributed by atoms with E-state index in [9.17, 15) is 0 Å². The Morgan fingerprint density at radius 2 is 1.39 bits per heavy atom. The van der Waals surface area contributed by atoms with Gasteiger partial charge in [0, 0.05) is 34.4 Å². The molecule has 1 aromatic heterocycles. The van der Waals surface area contributed by atoms with Gasteiger partial charge in [-0.2, -0.15) is 0 Å². The van der Waals surface area contributed by atoms with Crippen LogP contribution in [0, 0.1) is 0 Å². The Morgan fingerprint density at radius 1 is 0.944 bits per heavy atom. The SMILES string of the molecule is CC(C)(C)c1cc(OC2CC2)cc(C(C)(C)C)n1. The lowest BCUT2D eigenvalue weighted by Gasteiger charge is -2.24. The fraction of sp³-hybridized carbons (Fsp3) is 0.688. The van der Waals surface area contributed by atoms with Crippen molar-refractivity contribution in [1.82, 2.24) is 4.98 Å². The summed E-state index contributed by atoms with van der Waals surface area (Å²) < 4.78 is 5.96. The first-order valence-corrected chi connectivity index (χ1v) is 6.86. The smallest absolute Gasteiger partial charge is 0.123 e. The molecule has 2 nitrogen and oxygen atoms in total. The first-order chi connectivity index (χ1) is 8.16. The van der Waals surface area contributed by atoms with E-state index in [0.29, 0.717) is 6.10 Å². The average Bonchev–Trinajstić information content (AvgIpc) is 2.98. The van der Waals surface area contributed by atoms with E-state index in [0.717, 1.165) is 17.1 Å². The number of nitrogens with zero attached hydrogens (tertiary/aromatic N) is 1. The highest BCUT2D eigenvalue weighted by Crippen LogP contribution is 2.33. The lowest BCUT2D eigenvalue weighted by molar-refractivity contribution is 0.300. The molecular formula is C16H25NO. The Labute approximate surface area is 111 Å². The summed E-state index contributed by atoms with van der Waals surface area (Å²) in [7, 11) is 0. The van der Waals surface area contributed by atoms with E-state index < -0.39 is 0 Å². The van der Waals surface area contributed by atoms with Crippen molar-refractivity contribution in [3.63, 3.8) is 0 Å². The summed E-state index contributed by atoms with van der Waals surface area (Å²) in [5, 5.41) is 0. The predicted molar refractivity (Wildman–Crippen MR) is 75.3 cm³/mol. The molecule has 2 rings (SSSR count). The molecule has 0 unspecified atom stereocenters. The zero-order valence-electron chi connectivity index (χ0n) is 12.5. The Bertz CT molecular complexity index is 401. The van der Waals surface area contributed by atoms with Crippen molar-refractivity contribution >= 4 is 0 Å². The van der Waals surface area contributed by atoms with Crippen molar-refractivity contribution in [3.05, 3.63) is 23.5 Å². The normalized spacial score (nSPS) is 16.8. The van der Waals surface area contributed by atoms with Crippen molar-refractivity contribution in [2.75, 3.05) is 0 Å². The van der Waals surface area contributed by atoms with Crippen molar-refractivity contribution in [2.24, 2.45) is 0 Å². The van der Waals surface area contributed by atoms with Crippen LogP contribution < -0.4 is 4.74 Å². The molecule has 0 spiro atoms. The highest BCUT2D eigenvalue weighted by Gasteiger charge is 2.27. The zero-order valence-corrected chi connectivity index (χ0v) is 12.5. The van der Waals surface area contributed by atoms with Crippen LogP contribution in [-0.2, 0) is 10.8 Å².